The average Bonchev–Trinajstić information content (AvgIpc) is 2.29. The lowest BCUT2D eigenvalue weighted by Crippen LogP contribution is -2.38. The maximum Gasteiger partial charge on any atom is 0.0981 e. The van der Waals surface area contributed by atoms with Crippen molar-refractivity contribution in [3.63, 3.8) is 0 Å². The van der Waals surface area contributed by atoms with Crippen molar-refractivity contribution in [1.82, 2.24) is 5.32 Å². The Balaban J connectivity index is 1.77. The summed E-state index contributed by atoms with van der Waals surface area (Å²) in [5.41, 5.74) is 7.62. The third-order valence-corrected chi connectivity index (χ3v) is 2.47. The first-order valence-electron chi connectivity index (χ1n) is 5.29. The van der Waals surface area contributed by atoms with Gasteiger partial charge in [-0.1, -0.05) is 12.2 Å². The molecule has 1 heterocycles. The Morgan fingerprint density at radius 1 is 1.47 bits per heavy atom. The fraction of sp³-hybridized carbons (Fsp3) is 0.545. The summed E-state index contributed by atoms with van der Waals surface area (Å²) < 4.78 is 10.8. The second kappa shape index (κ2) is 5.19. The first-order valence-corrected chi connectivity index (χ1v) is 5.29. The highest BCUT2D eigenvalue weighted by Gasteiger charge is 2.15. The summed E-state index contributed by atoms with van der Waals surface area (Å²) in [7, 11) is 0. The van der Waals surface area contributed by atoms with E-state index in [1.54, 1.807) is 0 Å². The molecule has 15 heavy (non-hydrogen) atoms. The molecule has 4 heteroatoms. The highest BCUT2D eigenvalue weighted by atomic mass is 16.6. The van der Waals surface area contributed by atoms with Crippen molar-refractivity contribution in [3.05, 3.63) is 30.0 Å². The zero-order chi connectivity index (χ0) is 10.5. The maximum atomic E-state index is 5.82. The van der Waals surface area contributed by atoms with E-state index in [1.807, 2.05) is 12.5 Å². The summed E-state index contributed by atoms with van der Waals surface area (Å²) in [6, 6.07) is 0. The molecule has 0 amide bonds. The molecule has 1 fully saturated rings. The molecular weight excluding hydrogens is 192 g/mol. The van der Waals surface area contributed by atoms with E-state index in [4.69, 9.17) is 15.2 Å². The molecule has 0 bridgehead atoms. The van der Waals surface area contributed by atoms with E-state index in [1.165, 1.54) is 0 Å². The maximum absolute atomic E-state index is 5.82. The summed E-state index contributed by atoms with van der Waals surface area (Å²) >= 11 is 0. The van der Waals surface area contributed by atoms with Gasteiger partial charge in [0.15, 0.2) is 0 Å². The molecule has 0 aromatic rings. The number of rotatable bonds is 3. The van der Waals surface area contributed by atoms with Crippen LogP contribution in [-0.4, -0.2) is 32.5 Å². The van der Waals surface area contributed by atoms with Crippen LogP contribution in [0.1, 0.15) is 6.42 Å². The minimum Gasteiger partial charge on any atom is -0.397 e. The minimum absolute atomic E-state index is 0.137. The molecule has 1 aliphatic heterocycles. The Morgan fingerprint density at radius 2 is 2.40 bits per heavy atom. The molecular formula is C11H17N2O2. The smallest absolute Gasteiger partial charge is 0.0981 e. The summed E-state index contributed by atoms with van der Waals surface area (Å²) in [6.45, 7) is 2.80. The Hall–Kier alpha value is -1.00. The molecule has 1 saturated heterocycles. The van der Waals surface area contributed by atoms with Gasteiger partial charge in [0.1, 0.15) is 0 Å². The SMILES string of the molecule is NC1=C[CH]CC=C1NCC1COCCO1. The first-order chi connectivity index (χ1) is 7.36. The third kappa shape index (κ3) is 2.97. The Labute approximate surface area is 90.1 Å². The van der Waals surface area contributed by atoms with Crippen molar-refractivity contribution in [1.29, 1.82) is 0 Å². The number of ether oxygens (including phenoxy) is 2. The summed E-state index contributed by atoms with van der Waals surface area (Å²) in [6.07, 6.45) is 7.13. The number of nitrogens with two attached hydrogens (primary N) is 1. The van der Waals surface area contributed by atoms with Crippen LogP contribution in [-0.2, 0) is 9.47 Å². The van der Waals surface area contributed by atoms with E-state index in [9.17, 15) is 0 Å². The summed E-state index contributed by atoms with van der Waals surface area (Å²) in [5.74, 6) is 0. The number of hydrogen-bond donors (Lipinski definition) is 2. The predicted molar refractivity (Wildman–Crippen MR) is 57.8 cm³/mol. The van der Waals surface area contributed by atoms with Gasteiger partial charge in [0.25, 0.3) is 0 Å². The van der Waals surface area contributed by atoms with Gasteiger partial charge in [-0.05, 0) is 12.8 Å². The van der Waals surface area contributed by atoms with Crippen LogP contribution >= 0.6 is 0 Å². The second-order valence-corrected chi connectivity index (χ2v) is 3.66. The van der Waals surface area contributed by atoms with Gasteiger partial charge in [0, 0.05) is 6.54 Å². The number of nitrogens with one attached hydrogen (secondary N) is 1. The Morgan fingerprint density at radius 3 is 3.13 bits per heavy atom. The topological polar surface area (TPSA) is 56.5 Å². The molecule has 2 rings (SSSR count). The lowest BCUT2D eigenvalue weighted by Gasteiger charge is -2.24. The highest BCUT2D eigenvalue weighted by Crippen LogP contribution is 2.11. The molecule has 1 aliphatic carbocycles. The molecule has 83 valence electrons. The van der Waals surface area contributed by atoms with Gasteiger partial charge in [-0.25, -0.2) is 0 Å². The quantitative estimate of drug-likeness (QED) is 0.703. The lowest BCUT2D eigenvalue weighted by atomic mass is 10.1. The van der Waals surface area contributed by atoms with Crippen molar-refractivity contribution in [3.8, 4) is 0 Å². The first kappa shape index (κ1) is 10.5. The monoisotopic (exact) mass is 209 g/mol. The lowest BCUT2D eigenvalue weighted by molar-refractivity contribution is -0.0856. The van der Waals surface area contributed by atoms with Gasteiger partial charge < -0.3 is 20.5 Å². The molecule has 0 spiro atoms. The zero-order valence-electron chi connectivity index (χ0n) is 8.74. The van der Waals surface area contributed by atoms with E-state index >= 15 is 0 Å². The number of hydrogen-bond acceptors (Lipinski definition) is 4. The zero-order valence-corrected chi connectivity index (χ0v) is 8.74. The molecule has 4 nitrogen and oxygen atoms in total. The van der Waals surface area contributed by atoms with Crippen molar-refractivity contribution in [2.24, 2.45) is 5.73 Å². The van der Waals surface area contributed by atoms with Crippen LogP contribution in [0.2, 0.25) is 0 Å². The van der Waals surface area contributed by atoms with Gasteiger partial charge in [-0.3, -0.25) is 0 Å². The molecule has 2 aliphatic rings. The summed E-state index contributed by atoms with van der Waals surface area (Å²) in [4.78, 5) is 0. The molecule has 0 saturated carbocycles. The largest absolute Gasteiger partial charge is 0.397 e. The van der Waals surface area contributed by atoms with E-state index in [-0.39, 0.29) is 6.10 Å². The van der Waals surface area contributed by atoms with Crippen LogP contribution in [0.5, 0.6) is 0 Å². The van der Waals surface area contributed by atoms with E-state index in [0.29, 0.717) is 19.8 Å². The van der Waals surface area contributed by atoms with E-state index in [0.717, 1.165) is 24.4 Å². The second-order valence-electron chi connectivity index (χ2n) is 3.66. The molecule has 1 radical (unpaired) electrons. The molecule has 3 N–H and O–H groups in total. The van der Waals surface area contributed by atoms with Crippen molar-refractivity contribution < 1.29 is 9.47 Å². The van der Waals surface area contributed by atoms with Crippen LogP contribution < -0.4 is 11.1 Å². The van der Waals surface area contributed by atoms with Gasteiger partial charge in [0.2, 0.25) is 0 Å². The third-order valence-electron chi connectivity index (χ3n) is 2.47. The normalized spacial score (nSPS) is 26.8. The van der Waals surface area contributed by atoms with Crippen LogP contribution in [0.4, 0.5) is 0 Å². The van der Waals surface area contributed by atoms with Gasteiger partial charge >= 0.3 is 0 Å². The fourth-order valence-corrected chi connectivity index (χ4v) is 1.64. The Kier molecular flexibility index (Phi) is 3.64. The fourth-order valence-electron chi connectivity index (χ4n) is 1.64. The minimum atomic E-state index is 0.137. The standard InChI is InChI=1S/C11H17N2O2/c12-10-3-1-2-4-11(10)13-7-9-8-14-5-6-15-9/h1,3-4,9,13H,2,5-8,12H2. The highest BCUT2D eigenvalue weighted by molar-refractivity contribution is 5.33. The van der Waals surface area contributed by atoms with E-state index < -0.39 is 0 Å². The molecule has 1 unspecified atom stereocenters. The van der Waals surface area contributed by atoms with Crippen LogP contribution in [0.15, 0.2) is 23.5 Å². The van der Waals surface area contributed by atoms with Crippen LogP contribution in [0.3, 0.4) is 0 Å². The molecule has 0 aromatic heterocycles. The molecule has 0 aromatic carbocycles. The van der Waals surface area contributed by atoms with Crippen molar-refractivity contribution in [2.45, 2.75) is 12.5 Å². The predicted octanol–water partition coefficient (Wildman–Crippen LogP) is 0.326. The summed E-state index contributed by atoms with van der Waals surface area (Å²) in [5, 5.41) is 3.28. The van der Waals surface area contributed by atoms with Gasteiger partial charge in [-0.15, -0.1) is 0 Å². The van der Waals surface area contributed by atoms with E-state index in [2.05, 4.69) is 11.4 Å². The molecule has 1 atom stereocenters. The van der Waals surface area contributed by atoms with Gasteiger partial charge in [0.05, 0.1) is 37.3 Å². The van der Waals surface area contributed by atoms with Gasteiger partial charge in [-0.2, -0.15) is 0 Å². The van der Waals surface area contributed by atoms with Crippen LogP contribution in [0, 0.1) is 6.42 Å². The number of allylic oxidation sites excluding steroid dienone is 2. The van der Waals surface area contributed by atoms with Crippen LogP contribution in [0.25, 0.3) is 0 Å². The van der Waals surface area contributed by atoms with Crippen molar-refractivity contribution >= 4 is 0 Å². The Bertz CT molecular complexity index is 268. The average molecular weight is 209 g/mol. The van der Waals surface area contributed by atoms with Crippen molar-refractivity contribution in [2.75, 3.05) is 26.4 Å².